The van der Waals surface area contributed by atoms with Crippen molar-refractivity contribution in [3.63, 3.8) is 0 Å². The molecule has 0 bridgehead atoms. The quantitative estimate of drug-likeness (QED) is 0.778. The van der Waals surface area contributed by atoms with E-state index in [1.165, 1.54) is 27.2 Å². The first kappa shape index (κ1) is 12.4. The lowest BCUT2D eigenvalue weighted by atomic mass is 10.0. The summed E-state index contributed by atoms with van der Waals surface area (Å²) >= 11 is 0. The molecule has 1 aliphatic rings. The van der Waals surface area contributed by atoms with Crippen molar-refractivity contribution in [2.45, 2.75) is 12.6 Å². The van der Waals surface area contributed by atoms with E-state index in [1.54, 1.807) is 6.26 Å². The van der Waals surface area contributed by atoms with Crippen LogP contribution >= 0.6 is 0 Å². The maximum absolute atomic E-state index is 5.52. The zero-order valence-electron chi connectivity index (χ0n) is 12.0. The highest BCUT2D eigenvalue weighted by Gasteiger charge is 2.34. The topological polar surface area (TPSA) is 17.6 Å². The summed E-state index contributed by atoms with van der Waals surface area (Å²) in [6.45, 7) is 0.889. The third kappa shape index (κ3) is 1.99. The van der Waals surface area contributed by atoms with Gasteiger partial charge in [0.2, 0.25) is 0 Å². The number of furan rings is 1. The molecule has 21 heavy (non-hydrogen) atoms. The summed E-state index contributed by atoms with van der Waals surface area (Å²) in [7, 11) is 2.24. The van der Waals surface area contributed by atoms with Crippen LogP contribution < -0.4 is 4.90 Å². The SMILES string of the molecule is C[NH+](Cc1ccco1)C1c2ccccc2-c2ccccc21. The highest BCUT2D eigenvalue weighted by molar-refractivity contribution is 5.77. The van der Waals surface area contributed by atoms with Crippen molar-refractivity contribution in [3.8, 4) is 11.1 Å². The van der Waals surface area contributed by atoms with Crippen molar-refractivity contribution in [2.75, 3.05) is 7.05 Å². The van der Waals surface area contributed by atoms with Crippen molar-refractivity contribution in [1.29, 1.82) is 0 Å². The van der Waals surface area contributed by atoms with Gasteiger partial charge in [-0.3, -0.25) is 0 Å². The number of quaternary nitrogens is 1. The highest BCUT2D eigenvalue weighted by atomic mass is 16.3. The molecule has 4 rings (SSSR count). The van der Waals surface area contributed by atoms with Crippen molar-refractivity contribution in [1.82, 2.24) is 0 Å². The molecule has 1 N–H and O–H groups in total. The first-order valence-corrected chi connectivity index (χ1v) is 7.37. The van der Waals surface area contributed by atoms with Crippen molar-refractivity contribution in [3.05, 3.63) is 83.8 Å². The monoisotopic (exact) mass is 276 g/mol. The van der Waals surface area contributed by atoms with Gasteiger partial charge < -0.3 is 9.32 Å². The van der Waals surface area contributed by atoms with Gasteiger partial charge in [-0.2, -0.15) is 0 Å². The van der Waals surface area contributed by atoms with E-state index in [0.717, 1.165) is 12.3 Å². The van der Waals surface area contributed by atoms with Gasteiger partial charge in [-0.05, 0) is 23.3 Å². The molecule has 1 atom stereocenters. The average molecular weight is 276 g/mol. The Kier molecular flexibility index (Phi) is 2.90. The lowest BCUT2D eigenvalue weighted by molar-refractivity contribution is -0.920. The number of nitrogens with one attached hydrogen (secondary N) is 1. The van der Waals surface area contributed by atoms with Crippen LogP contribution in [0.5, 0.6) is 0 Å². The van der Waals surface area contributed by atoms with E-state index in [9.17, 15) is 0 Å². The normalized spacial score (nSPS) is 14.7. The molecule has 1 aliphatic carbocycles. The minimum Gasteiger partial charge on any atom is -0.463 e. The highest BCUT2D eigenvalue weighted by Crippen LogP contribution is 2.41. The molecule has 0 aliphatic heterocycles. The molecule has 104 valence electrons. The van der Waals surface area contributed by atoms with E-state index in [0.29, 0.717) is 6.04 Å². The third-order valence-corrected chi connectivity index (χ3v) is 4.36. The van der Waals surface area contributed by atoms with E-state index in [1.807, 2.05) is 6.07 Å². The summed E-state index contributed by atoms with van der Waals surface area (Å²) in [5.41, 5.74) is 5.58. The third-order valence-electron chi connectivity index (χ3n) is 4.36. The predicted molar refractivity (Wildman–Crippen MR) is 83.0 cm³/mol. The lowest BCUT2D eigenvalue weighted by Gasteiger charge is -2.22. The lowest BCUT2D eigenvalue weighted by Crippen LogP contribution is -3.07. The zero-order chi connectivity index (χ0) is 14.2. The predicted octanol–water partition coefficient (Wildman–Crippen LogP) is 3.06. The molecule has 1 aromatic heterocycles. The molecule has 0 saturated heterocycles. The van der Waals surface area contributed by atoms with Crippen LogP contribution in [0.1, 0.15) is 22.9 Å². The Bertz CT molecular complexity index is 715. The van der Waals surface area contributed by atoms with Crippen LogP contribution in [0.25, 0.3) is 11.1 Å². The molecule has 2 aromatic carbocycles. The van der Waals surface area contributed by atoms with E-state index in [4.69, 9.17) is 4.42 Å². The second-order valence-corrected chi connectivity index (χ2v) is 5.71. The minimum absolute atomic E-state index is 0.377. The number of benzene rings is 2. The Morgan fingerprint density at radius 3 is 2.05 bits per heavy atom. The molecule has 0 fully saturated rings. The second kappa shape index (κ2) is 4.90. The Morgan fingerprint density at radius 2 is 1.48 bits per heavy atom. The largest absolute Gasteiger partial charge is 0.463 e. The Balaban J connectivity index is 1.77. The van der Waals surface area contributed by atoms with E-state index in [-0.39, 0.29) is 0 Å². The Hall–Kier alpha value is -2.32. The number of rotatable bonds is 3. The fraction of sp³-hybridized carbons (Fsp3) is 0.158. The molecule has 2 nitrogen and oxygen atoms in total. The molecule has 1 heterocycles. The molecule has 0 saturated carbocycles. The van der Waals surface area contributed by atoms with Gasteiger partial charge in [0, 0.05) is 11.1 Å². The first-order valence-electron chi connectivity index (χ1n) is 7.37. The summed E-state index contributed by atoms with van der Waals surface area (Å²) < 4.78 is 5.52. The van der Waals surface area contributed by atoms with Gasteiger partial charge in [0.05, 0.1) is 13.3 Å². The molecule has 3 aromatic rings. The van der Waals surface area contributed by atoms with Crippen molar-refractivity contribution >= 4 is 0 Å². The summed E-state index contributed by atoms with van der Waals surface area (Å²) in [6, 6.07) is 21.9. The van der Waals surface area contributed by atoms with Gasteiger partial charge in [-0.15, -0.1) is 0 Å². The van der Waals surface area contributed by atoms with Gasteiger partial charge in [-0.25, -0.2) is 0 Å². The minimum atomic E-state index is 0.377. The van der Waals surface area contributed by atoms with Crippen molar-refractivity contribution in [2.24, 2.45) is 0 Å². The van der Waals surface area contributed by atoms with Crippen LogP contribution in [0.4, 0.5) is 0 Å². The molecule has 1 unspecified atom stereocenters. The van der Waals surface area contributed by atoms with Crippen LogP contribution in [0.2, 0.25) is 0 Å². The molecular weight excluding hydrogens is 258 g/mol. The maximum Gasteiger partial charge on any atom is 0.157 e. The van der Waals surface area contributed by atoms with E-state index in [2.05, 4.69) is 61.6 Å². The zero-order valence-corrected chi connectivity index (χ0v) is 12.0. The van der Waals surface area contributed by atoms with Crippen LogP contribution in [0, 0.1) is 0 Å². The van der Waals surface area contributed by atoms with Crippen molar-refractivity contribution < 1.29 is 9.32 Å². The van der Waals surface area contributed by atoms with Gasteiger partial charge in [0.15, 0.2) is 5.76 Å². The van der Waals surface area contributed by atoms with Gasteiger partial charge in [0.1, 0.15) is 12.6 Å². The molecule has 0 amide bonds. The summed E-state index contributed by atoms with van der Waals surface area (Å²) in [5, 5.41) is 0. The average Bonchev–Trinajstić information content (AvgIpc) is 3.12. The van der Waals surface area contributed by atoms with Gasteiger partial charge in [0.25, 0.3) is 0 Å². The maximum atomic E-state index is 5.52. The second-order valence-electron chi connectivity index (χ2n) is 5.71. The first-order chi connectivity index (χ1) is 10.3. The van der Waals surface area contributed by atoms with E-state index < -0.39 is 0 Å². The molecular formula is C19H18NO+. The fourth-order valence-electron chi connectivity index (χ4n) is 3.48. The standard InChI is InChI=1S/C19H17NO/c1-20(13-14-7-6-12-21-14)19-17-10-4-2-8-15(17)16-9-3-5-11-18(16)19/h2-12,19H,13H2,1H3/p+1. The molecule has 0 radical (unpaired) electrons. The fourth-order valence-corrected chi connectivity index (χ4v) is 3.48. The Morgan fingerprint density at radius 1 is 0.857 bits per heavy atom. The summed E-state index contributed by atoms with van der Waals surface area (Å²) in [6.07, 6.45) is 1.75. The molecule has 2 heteroatoms. The summed E-state index contributed by atoms with van der Waals surface area (Å²) in [4.78, 5) is 1.43. The number of hydrogen-bond acceptors (Lipinski definition) is 1. The number of hydrogen-bond donors (Lipinski definition) is 1. The molecule has 0 spiro atoms. The smallest absolute Gasteiger partial charge is 0.157 e. The summed E-state index contributed by atoms with van der Waals surface area (Å²) in [5.74, 6) is 1.04. The van der Waals surface area contributed by atoms with Crippen LogP contribution in [0.15, 0.2) is 71.3 Å². The van der Waals surface area contributed by atoms with E-state index >= 15 is 0 Å². The Labute approximate surface area is 124 Å². The van der Waals surface area contributed by atoms with Gasteiger partial charge >= 0.3 is 0 Å². The van der Waals surface area contributed by atoms with Crippen LogP contribution in [-0.4, -0.2) is 7.05 Å². The number of fused-ring (bicyclic) bond motifs is 3. The van der Waals surface area contributed by atoms with Crippen LogP contribution in [-0.2, 0) is 6.54 Å². The van der Waals surface area contributed by atoms with Gasteiger partial charge in [-0.1, -0.05) is 48.5 Å². The van der Waals surface area contributed by atoms with Crippen LogP contribution in [0.3, 0.4) is 0 Å².